The highest BCUT2D eigenvalue weighted by Gasteiger charge is 2.23. The van der Waals surface area contributed by atoms with Gasteiger partial charge in [-0.1, -0.05) is 15.9 Å². The number of benzene rings is 1. The molecule has 0 spiro atoms. The Balaban J connectivity index is 2.20. The van der Waals surface area contributed by atoms with Crippen molar-refractivity contribution in [3.8, 4) is 5.69 Å². The van der Waals surface area contributed by atoms with E-state index >= 15 is 0 Å². The molecule has 0 bridgehead atoms. The maximum Gasteiger partial charge on any atom is 0.0807 e. The molecule has 1 atom stereocenters. The Morgan fingerprint density at radius 1 is 1.15 bits per heavy atom. The van der Waals surface area contributed by atoms with E-state index in [1.54, 1.807) is 0 Å². The molecular weight excluding hydrogens is 314 g/mol. The van der Waals surface area contributed by atoms with Crippen LogP contribution in [-0.2, 0) is 6.42 Å². The first kappa shape index (κ1) is 13.9. The van der Waals surface area contributed by atoms with Gasteiger partial charge < -0.3 is 9.67 Å². The van der Waals surface area contributed by atoms with E-state index in [2.05, 4.69) is 59.5 Å². The van der Waals surface area contributed by atoms with Gasteiger partial charge in [0.25, 0.3) is 0 Å². The summed E-state index contributed by atoms with van der Waals surface area (Å²) in [6.07, 6.45) is 2.70. The zero-order valence-electron chi connectivity index (χ0n) is 12.2. The minimum Gasteiger partial charge on any atom is -0.388 e. The highest BCUT2D eigenvalue weighted by molar-refractivity contribution is 9.10. The molecule has 2 aromatic rings. The van der Waals surface area contributed by atoms with E-state index in [0.29, 0.717) is 0 Å². The summed E-state index contributed by atoms with van der Waals surface area (Å²) in [5.41, 5.74) is 7.30. The Labute approximate surface area is 128 Å². The minimum atomic E-state index is -0.295. The molecule has 1 aromatic carbocycles. The van der Waals surface area contributed by atoms with Crippen molar-refractivity contribution >= 4 is 15.9 Å². The van der Waals surface area contributed by atoms with Gasteiger partial charge in [0.1, 0.15) is 0 Å². The van der Waals surface area contributed by atoms with Gasteiger partial charge in [-0.05, 0) is 69.4 Å². The van der Waals surface area contributed by atoms with E-state index in [1.165, 1.54) is 32.7 Å². The Morgan fingerprint density at radius 3 is 2.45 bits per heavy atom. The summed E-state index contributed by atoms with van der Waals surface area (Å²) in [7, 11) is 0. The van der Waals surface area contributed by atoms with Crippen LogP contribution in [-0.4, -0.2) is 9.67 Å². The molecule has 1 aliphatic rings. The molecule has 0 fully saturated rings. The monoisotopic (exact) mass is 333 g/mol. The van der Waals surface area contributed by atoms with Gasteiger partial charge in [0.05, 0.1) is 6.10 Å². The number of nitrogens with zero attached hydrogens (tertiary/aromatic N) is 1. The van der Waals surface area contributed by atoms with Crippen LogP contribution in [0.4, 0.5) is 0 Å². The zero-order chi connectivity index (χ0) is 14.4. The van der Waals surface area contributed by atoms with Crippen LogP contribution in [0.5, 0.6) is 0 Å². The fourth-order valence-electron chi connectivity index (χ4n) is 3.29. The zero-order valence-corrected chi connectivity index (χ0v) is 13.8. The molecule has 3 heteroatoms. The summed E-state index contributed by atoms with van der Waals surface area (Å²) < 4.78 is 3.49. The largest absolute Gasteiger partial charge is 0.388 e. The van der Waals surface area contributed by atoms with E-state index in [9.17, 15) is 5.11 Å². The second-order valence-corrected chi connectivity index (χ2v) is 6.62. The Morgan fingerprint density at radius 2 is 1.80 bits per heavy atom. The first-order valence-electron chi connectivity index (χ1n) is 7.15. The second-order valence-electron chi connectivity index (χ2n) is 5.82. The topological polar surface area (TPSA) is 25.2 Å². The SMILES string of the molecule is Cc1cc(-n2c(C)cc3c2CCCC3O)cc(C)c1Br. The number of aryl methyl sites for hydroxylation is 3. The third-order valence-electron chi connectivity index (χ3n) is 4.25. The van der Waals surface area contributed by atoms with Gasteiger partial charge in [0.2, 0.25) is 0 Å². The molecule has 1 aromatic heterocycles. The van der Waals surface area contributed by atoms with Crippen molar-refractivity contribution in [2.45, 2.75) is 46.1 Å². The van der Waals surface area contributed by atoms with Crippen LogP contribution >= 0.6 is 15.9 Å². The molecular formula is C17H20BrNO. The highest BCUT2D eigenvalue weighted by Crippen LogP contribution is 2.35. The lowest BCUT2D eigenvalue weighted by Crippen LogP contribution is -2.11. The van der Waals surface area contributed by atoms with E-state index in [0.717, 1.165) is 24.8 Å². The third kappa shape index (κ3) is 2.13. The first-order valence-corrected chi connectivity index (χ1v) is 7.94. The van der Waals surface area contributed by atoms with Crippen LogP contribution < -0.4 is 0 Å². The number of hydrogen-bond donors (Lipinski definition) is 1. The Bertz CT molecular complexity index is 649. The lowest BCUT2D eigenvalue weighted by Gasteiger charge is -2.21. The summed E-state index contributed by atoms with van der Waals surface area (Å²) in [6.45, 7) is 6.37. The van der Waals surface area contributed by atoms with Crippen molar-refractivity contribution in [3.63, 3.8) is 0 Å². The lowest BCUT2D eigenvalue weighted by atomic mass is 9.95. The average molecular weight is 334 g/mol. The smallest absolute Gasteiger partial charge is 0.0807 e. The van der Waals surface area contributed by atoms with Gasteiger partial charge in [0, 0.05) is 27.1 Å². The summed E-state index contributed by atoms with van der Waals surface area (Å²) in [6, 6.07) is 6.57. The predicted octanol–water partition coefficient (Wildman–Crippen LogP) is 4.53. The van der Waals surface area contributed by atoms with Crippen molar-refractivity contribution in [1.82, 2.24) is 4.57 Å². The van der Waals surface area contributed by atoms with Gasteiger partial charge in [-0.15, -0.1) is 0 Å². The number of hydrogen-bond acceptors (Lipinski definition) is 1. The summed E-state index contributed by atoms with van der Waals surface area (Å²) in [4.78, 5) is 0. The summed E-state index contributed by atoms with van der Waals surface area (Å²) in [5, 5.41) is 10.2. The standard InChI is InChI=1S/C17H20BrNO/c1-10-7-13(8-11(2)17(10)18)19-12(3)9-14-15(19)5-4-6-16(14)20/h7-9,16,20H,4-6H2,1-3H3. The highest BCUT2D eigenvalue weighted by atomic mass is 79.9. The minimum absolute atomic E-state index is 0.295. The number of aromatic nitrogens is 1. The fraction of sp³-hybridized carbons (Fsp3) is 0.412. The molecule has 0 saturated carbocycles. The summed E-state index contributed by atoms with van der Waals surface area (Å²) in [5.74, 6) is 0. The molecule has 0 aliphatic heterocycles. The molecule has 0 saturated heterocycles. The van der Waals surface area contributed by atoms with Crippen LogP contribution in [0.3, 0.4) is 0 Å². The number of aliphatic hydroxyl groups is 1. The van der Waals surface area contributed by atoms with Crippen molar-refractivity contribution in [2.24, 2.45) is 0 Å². The van der Waals surface area contributed by atoms with Gasteiger partial charge in [0.15, 0.2) is 0 Å². The van der Waals surface area contributed by atoms with Crippen molar-refractivity contribution in [3.05, 3.63) is 50.8 Å². The van der Waals surface area contributed by atoms with Gasteiger partial charge >= 0.3 is 0 Å². The quantitative estimate of drug-likeness (QED) is 0.814. The molecule has 1 heterocycles. The van der Waals surface area contributed by atoms with E-state index in [1.807, 2.05) is 0 Å². The normalized spacial score (nSPS) is 18.1. The van der Waals surface area contributed by atoms with E-state index < -0.39 is 0 Å². The fourth-order valence-corrected chi connectivity index (χ4v) is 3.52. The average Bonchev–Trinajstić information content (AvgIpc) is 2.73. The number of fused-ring (bicyclic) bond motifs is 1. The van der Waals surface area contributed by atoms with E-state index in [4.69, 9.17) is 0 Å². The first-order chi connectivity index (χ1) is 9.49. The van der Waals surface area contributed by atoms with Crippen molar-refractivity contribution in [2.75, 3.05) is 0 Å². The predicted molar refractivity (Wildman–Crippen MR) is 85.6 cm³/mol. The van der Waals surface area contributed by atoms with Crippen LogP contribution in [0.1, 0.15) is 47.0 Å². The van der Waals surface area contributed by atoms with Crippen LogP contribution in [0.2, 0.25) is 0 Å². The van der Waals surface area contributed by atoms with Crippen LogP contribution in [0, 0.1) is 20.8 Å². The Hall–Kier alpha value is -1.06. The molecule has 20 heavy (non-hydrogen) atoms. The van der Waals surface area contributed by atoms with Gasteiger partial charge in [-0.2, -0.15) is 0 Å². The van der Waals surface area contributed by atoms with Crippen molar-refractivity contribution in [1.29, 1.82) is 0 Å². The molecule has 0 amide bonds. The second kappa shape index (κ2) is 5.05. The van der Waals surface area contributed by atoms with Crippen LogP contribution in [0.15, 0.2) is 22.7 Å². The molecule has 106 valence electrons. The van der Waals surface area contributed by atoms with Gasteiger partial charge in [-0.25, -0.2) is 0 Å². The van der Waals surface area contributed by atoms with Crippen LogP contribution in [0.25, 0.3) is 5.69 Å². The maximum absolute atomic E-state index is 10.2. The molecule has 0 radical (unpaired) electrons. The number of rotatable bonds is 1. The van der Waals surface area contributed by atoms with Gasteiger partial charge in [-0.3, -0.25) is 0 Å². The number of halogens is 1. The molecule has 1 unspecified atom stereocenters. The Kier molecular flexibility index (Phi) is 3.51. The van der Waals surface area contributed by atoms with Crippen molar-refractivity contribution < 1.29 is 5.11 Å². The number of aliphatic hydroxyl groups excluding tert-OH is 1. The molecule has 1 aliphatic carbocycles. The molecule has 3 rings (SSSR count). The lowest BCUT2D eigenvalue weighted by molar-refractivity contribution is 0.156. The third-order valence-corrected chi connectivity index (χ3v) is 5.50. The molecule has 1 N–H and O–H groups in total. The summed E-state index contributed by atoms with van der Waals surface area (Å²) >= 11 is 3.63. The maximum atomic E-state index is 10.2. The molecule has 2 nitrogen and oxygen atoms in total. The van der Waals surface area contributed by atoms with E-state index in [-0.39, 0.29) is 6.10 Å².